The van der Waals surface area contributed by atoms with Crippen LogP contribution in [0, 0.1) is 24.0 Å². The Balaban J connectivity index is 2.48. The molecule has 0 fully saturated rings. The van der Waals surface area contributed by atoms with E-state index >= 15 is 0 Å². The number of anilines is 1. The van der Waals surface area contributed by atoms with E-state index in [4.69, 9.17) is 4.74 Å². The van der Waals surface area contributed by atoms with E-state index < -0.39 is 4.92 Å². The third-order valence-electron chi connectivity index (χ3n) is 2.68. The highest BCUT2D eigenvalue weighted by molar-refractivity contribution is 9.10. The van der Waals surface area contributed by atoms with Gasteiger partial charge in [-0.2, -0.15) is 4.98 Å². The average molecular weight is 353 g/mol. The summed E-state index contributed by atoms with van der Waals surface area (Å²) in [6.45, 7) is 3.53. The molecule has 0 aliphatic carbocycles. The van der Waals surface area contributed by atoms with Crippen LogP contribution in [0.4, 0.5) is 11.6 Å². The smallest absolute Gasteiger partial charge is 0.313 e. The molecule has 2 aromatic rings. The van der Waals surface area contributed by atoms with Gasteiger partial charge in [-0.3, -0.25) is 10.1 Å². The normalized spacial score (nSPS) is 10.3. The lowest BCUT2D eigenvalue weighted by molar-refractivity contribution is -0.385. The molecule has 1 heterocycles. The van der Waals surface area contributed by atoms with E-state index in [2.05, 4.69) is 31.2 Å². The summed E-state index contributed by atoms with van der Waals surface area (Å²) in [5, 5.41) is 14.0. The molecule has 110 valence electrons. The van der Waals surface area contributed by atoms with E-state index in [0.29, 0.717) is 21.7 Å². The quantitative estimate of drug-likeness (QED) is 0.667. The van der Waals surface area contributed by atoms with Gasteiger partial charge in [0, 0.05) is 34.9 Å². The molecule has 2 rings (SSSR count). The second-order valence-electron chi connectivity index (χ2n) is 4.35. The van der Waals surface area contributed by atoms with Crippen LogP contribution in [-0.4, -0.2) is 21.9 Å². The van der Waals surface area contributed by atoms with Gasteiger partial charge < -0.3 is 10.1 Å². The fourth-order valence-corrected chi connectivity index (χ4v) is 2.35. The van der Waals surface area contributed by atoms with Gasteiger partial charge in [-0.05, 0) is 19.9 Å². The Kier molecular flexibility index (Phi) is 4.37. The molecule has 0 spiro atoms. The summed E-state index contributed by atoms with van der Waals surface area (Å²) in [7, 11) is 1.69. The Morgan fingerprint density at radius 1 is 1.29 bits per heavy atom. The van der Waals surface area contributed by atoms with E-state index in [1.54, 1.807) is 33.0 Å². The number of halogens is 1. The van der Waals surface area contributed by atoms with Crippen molar-refractivity contribution in [1.29, 1.82) is 0 Å². The van der Waals surface area contributed by atoms with Gasteiger partial charge in [0.05, 0.1) is 4.92 Å². The third-order valence-corrected chi connectivity index (χ3v) is 3.14. The van der Waals surface area contributed by atoms with Crippen LogP contribution in [0.25, 0.3) is 0 Å². The fourth-order valence-electron chi connectivity index (χ4n) is 1.79. The summed E-state index contributed by atoms with van der Waals surface area (Å²) in [4.78, 5) is 19.0. The van der Waals surface area contributed by atoms with Crippen molar-refractivity contribution in [1.82, 2.24) is 9.97 Å². The Morgan fingerprint density at radius 3 is 2.62 bits per heavy atom. The number of nitrogens with zero attached hydrogens (tertiary/aromatic N) is 3. The van der Waals surface area contributed by atoms with Gasteiger partial charge in [0.15, 0.2) is 0 Å². The number of rotatable bonds is 4. The Hall–Kier alpha value is -2.22. The number of nitro benzene ring substituents is 1. The molecule has 21 heavy (non-hydrogen) atoms. The number of nitrogens with one attached hydrogen (secondary N) is 1. The molecule has 0 aliphatic rings. The zero-order valence-electron chi connectivity index (χ0n) is 11.7. The lowest BCUT2D eigenvalue weighted by atomic mass is 10.2. The summed E-state index contributed by atoms with van der Waals surface area (Å²) in [5.74, 6) is 0.811. The summed E-state index contributed by atoms with van der Waals surface area (Å²) < 4.78 is 6.25. The first-order valence-electron chi connectivity index (χ1n) is 6.06. The van der Waals surface area contributed by atoms with Gasteiger partial charge in [-0.1, -0.05) is 15.9 Å². The van der Waals surface area contributed by atoms with Crippen molar-refractivity contribution in [2.75, 3.05) is 12.4 Å². The van der Waals surface area contributed by atoms with Crippen molar-refractivity contribution in [3.8, 4) is 11.6 Å². The van der Waals surface area contributed by atoms with Crippen LogP contribution in [0.5, 0.6) is 11.6 Å². The largest absolute Gasteiger partial charge is 0.431 e. The molecule has 0 aliphatic heterocycles. The number of aromatic nitrogens is 2. The molecule has 0 saturated carbocycles. The standard InChI is InChI=1S/C13H13BrN4O3/c1-7-4-9(14)6-10(18(19)20)12(7)21-11-5-8(2)16-13(15-3)17-11/h4-6H,1-3H3,(H,15,16,17). The van der Waals surface area contributed by atoms with Crippen molar-refractivity contribution in [3.63, 3.8) is 0 Å². The minimum absolute atomic E-state index is 0.121. The SMILES string of the molecule is CNc1nc(C)cc(Oc2c(C)cc(Br)cc2[N+](=O)[O-])n1. The zero-order valence-corrected chi connectivity index (χ0v) is 13.3. The van der Waals surface area contributed by atoms with E-state index in [1.807, 2.05) is 0 Å². The molecule has 0 amide bonds. The highest BCUT2D eigenvalue weighted by atomic mass is 79.9. The predicted molar refractivity (Wildman–Crippen MR) is 81.9 cm³/mol. The summed E-state index contributed by atoms with van der Waals surface area (Å²) in [6, 6.07) is 4.76. The molecule has 0 atom stereocenters. The van der Waals surface area contributed by atoms with Crippen LogP contribution in [-0.2, 0) is 0 Å². The fraction of sp³-hybridized carbons (Fsp3) is 0.231. The third kappa shape index (κ3) is 3.46. The molecule has 1 aromatic carbocycles. The number of ether oxygens (including phenoxy) is 1. The van der Waals surface area contributed by atoms with Crippen LogP contribution >= 0.6 is 15.9 Å². The second-order valence-corrected chi connectivity index (χ2v) is 5.27. The number of nitro groups is 1. The van der Waals surface area contributed by atoms with Crippen molar-refractivity contribution < 1.29 is 9.66 Å². The molecular formula is C13H13BrN4O3. The van der Waals surface area contributed by atoms with E-state index in [-0.39, 0.29) is 17.3 Å². The lowest BCUT2D eigenvalue weighted by Crippen LogP contribution is -2.01. The minimum Gasteiger partial charge on any atom is -0.431 e. The number of hydrogen-bond acceptors (Lipinski definition) is 6. The highest BCUT2D eigenvalue weighted by Gasteiger charge is 2.20. The van der Waals surface area contributed by atoms with Gasteiger partial charge >= 0.3 is 5.69 Å². The Bertz CT molecular complexity index is 706. The van der Waals surface area contributed by atoms with Crippen LogP contribution in [0.2, 0.25) is 0 Å². The zero-order chi connectivity index (χ0) is 15.6. The van der Waals surface area contributed by atoms with Crippen LogP contribution in [0.3, 0.4) is 0 Å². The van der Waals surface area contributed by atoms with Gasteiger partial charge in [-0.15, -0.1) is 0 Å². The summed E-state index contributed by atoms with van der Waals surface area (Å²) >= 11 is 3.24. The lowest BCUT2D eigenvalue weighted by Gasteiger charge is -2.10. The van der Waals surface area contributed by atoms with Crippen molar-refractivity contribution >= 4 is 27.6 Å². The maximum Gasteiger partial charge on any atom is 0.313 e. The first-order chi connectivity index (χ1) is 9.90. The Morgan fingerprint density at radius 2 is 2.00 bits per heavy atom. The van der Waals surface area contributed by atoms with E-state index in [0.717, 1.165) is 0 Å². The van der Waals surface area contributed by atoms with Crippen molar-refractivity contribution in [2.24, 2.45) is 0 Å². The number of hydrogen-bond donors (Lipinski definition) is 1. The first kappa shape index (κ1) is 15.2. The number of benzene rings is 1. The predicted octanol–water partition coefficient (Wildman–Crippen LogP) is 3.60. The molecule has 8 heteroatoms. The van der Waals surface area contributed by atoms with Gasteiger partial charge in [0.1, 0.15) is 0 Å². The molecule has 1 aromatic heterocycles. The maximum atomic E-state index is 11.2. The average Bonchev–Trinajstić information content (AvgIpc) is 2.40. The topological polar surface area (TPSA) is 90.2 Å². The van der Waals surface area contributed by atoms with Crippen LogP contribution in [0.1, 0.15) is 11.3 Å². The molecule has 1 N–H and O–H groups in total. The minimum atomic E-state index is -0.486. The molecule has 0 unspecified atom stereocenters. The molecule has 7 nitrogen and oxygen atoms in total. The summed E-state index contributed by atoms with van der Waals surface area (Å²) in [5.41, 5.74) is 1.21. The molecule has 0 saturated heterocycles. The molecular weight excluding hydrogens is 340 g/mol. The Labute approximate surface area is 129 Å². The van der Waals surface area contributed by atoms with Crippen LogP contribution in [0.15, 0.2) is 22.7 Å². The first-order valence-corrected chi connectivity index (χ1v) is 6.86. The van der Waals surface area contributed by atoms with Gasteiger partial charge in [0.2, 0.25) is 17.6 Å². The monoisotopic (exact) mass is 352 g/mol. The van der Waals surface area contributed by atoms with Crippen molar-refractivity contribution in [3.05, 3.63) is 44.0 Å². The second kappa shape index (κ2) is 6.04. The van der Waals surface area contributed by atoms with E-state index in [1.165, 1.54) is 6.07 Å². The van der Waals surface area contributed by atoms with Gasteiger partial charge in [0.25, 0.3) is 0 Å². The van der Waals surface area contributed by atoms with Crippen molar-refractivity contribution in [2.45, 2.75) is 13.8 Å². The molecule has 0 bridgehead atoms. The highest BCUT2D eigenvalue weighted by Crippen LogP contribution is 2.36. The summed E-state index contributed by atoms with van der Waals surface area (Å²) in [6.07, 6.45) is 0. The number of aryl methyl sites for hydroxylation is 2. The van der Waals surface area contributed by atoms with Gasteiger partial charge in [-0.25, -0.2) is 4.98 Å². The van der Waals surface area contributed by atoms with Crippen LogP contribution < -0.4 is 10.1 Å². The molecule has 0 radical (unpaired) electrons. The maximum absolute atomic E-state index is 11.2. The van der Waals surface area contributed by atoms with E-state index in [9.17, 15) is 10.1 Å².